The van der Waals surface area contributed by atoms with Crippen molar-refractivity contribution in [2.75, 3.05) is 42.9 Å². The van der Waals surface area contributed by atoms with Gasteiger partial charge in [0.25, 0.3) is 0 Å². The van der Waals surface area contributed by atoms with Crippen LogP contribution in [0.15, 0.2) is 47.4 Å². The smallest absolute Gasteiger partial charge is 0.341 e. The molecule has 10 nitrogen and oxygen atoms in total. The first-order valence-corrected chi connectivity index (χ1v) is 13.9. The molecule has 206 valence electrons. The number of nitrogens with zero attached hydrogens (tertiary/aromatic N) is 5. The normalized spacial score (nSPS) is 15.9. The Bertz CT molecular complexity index is 1680. The van der Waals surface area contributed by atoms with Gasteiger partial charge in [-0.15, -0.1) is 10.2 Å². The molecule has 0 atom stereocenters. The summed E-state index contributed by atoms with van der Waals surface area (Å²) in [6.07, 6.45) is 3.13. The number of halogens is 2. The van der Waals surface area contributed by atoms with Crippen molar-refractivity contribution in [3.05, 3.63) is 69.2 Å². The topological polar surface area (TPSA) is 121 Å². The Balaban J connectivity index is 1.11. The molecule has 4 aromatic rings. The van der Waals surface area contributed by atoms with E-state index in [-0.39, 0.29) is 29.4 Å². The molecule has 0 radical (unpaired) electrons. The summed E-state index contributed by atoms with van der Waals surface area (Å²) in [4.78, 5) is 40.8. The van der Waals surface area contributed by atoms with Crippen LogP contribution in [0.2, 0.25) is 5.02 Å². The lowest BCUT2D eigenvalue weighted by atomic mass is 10.1. The Hall–Kier alpha value is -3.87. The van der Waals surface area contributed by atoms with Gasteiger partial charge in [-0.05, 0) is 37.1 Å². The summed E-state index contributed by atoms with van der Waals surface area (Å²) in [6.45, 7) is 2.18. The number of fused-ring (bicyclic) bond motifs is 1. The second kappa shape index (κ2) is 10.6. The van der Waals surface area contributed by atoms with Crippen molar-refractivity contribution in [3.8, 4) is 10.6 Å². The molecule has 2 aliphatic rings. The van der Waals surface area contributed by atoms with Crippen molar-refractivity contribution in [3.63, 3.8) is 0 Å². The van der Waals surface area contributed by atoms with Gasteiger partial charge in [-0.2, -0.15) is 0 Å². The number of amides is 1. The largest absolute Gasteiger partial charge is 0.477 e. The van der Waals surface area contributed by atoms with Gasteiger partial charge in [0.1, 0.15) is 16.4 Å². The van der Waals surface area contributed by atoms with E-state index < -0.39 is 17.2 Å². The quantitative estimate of drug-likeness (QED) is 0.334. The Morgan fingerprint density at radius 3 is 2.50 bits per heavy atom. The summed E-state index contributed by atoms with van der Waals surface area (Å²) >= 11 is 7.21. The molecule has 3 heterocycles. The first-order valence-electron chi connectivity index (χ1n) is 12.7. The van der Waals surface area contributed by atoms with Gasteiger partial charge in [-0.1, -0.05) is 35.1 Å². The number of carbonyl (C=O) groups excluding carboxylic acids is 1. The zero-order valence-electron chi connectivity index (χ0n) is 21.1. The molecule has 13 heteroatoms. The van der Waals surface area contributed by atoms with Gasteiger partial charge in [0.05, 0.1) is 17.7 Å². The Morgan fingerprint density at radius 2 is 1.82 bits per heavy atom. The van der Waals surface area contributed by atoms with Crippen LogP contribution < -0.4 is 15.6 Å². The van der Waals surface area contributed by atoms with E-state index in [1.54, 1.807) is 22.8 Å². The van der Waals surface area contributed by atoms with Gasteiger partial charge in [0, 0.05) is 54.4 Å². The second-order valence-corrected chi connectivity index (χ2v) is 11.3. The van der Waals surface area contributed by atoms with Crippen LogP contribution in [0.4, 0.5) is 15.2 Å². The molecule has 2 aromatic heterocycles. The van der Waals surface area contributed by atoms with Crippen LogP contribution in [0, 0.1) is 5.82 Å². The molecule has 2 aromatic carbocycles. The van der Waals surface area contributed by atoms with E-state index in [2.05, 4.69) is 15.5 Å². The highest BCUT2D eigenvalue weighted by molar-refractivity contribution is 7.18. The van der Waals surface area contributed by atoms with Crippen molar-refractivity contribution in [2.45, 2.75) is 18.9 Å². The van der Waals surface area contributed by atoms with Crippen molar-refractivity contribution >= 4 is 56.5 Å². The predicted molar refractivity (Wildman–Crippen MR) is 151 cm³/mol. The molecule has 0 unspecified atom stereocenters. The van der Waals surface area contributed by atoms with Crippen molar-refractivity contribution in [1.29, 1.82) is 0 Å². The standard InChI is InChI=1S/C27H24ClFN6O4S/c28-16-3-1-15(2-4-16)25-31-32-27(40-25)30-23(36)14-33-7-9-34(10-8-33)22-12-21-18(11-20(22)29)24(37)19(26(38)39)13-35(21)17-5-6-17/h1-4,11-13,17H,5-10,14H2,(H,38,39)(H,30,32,36). The fraction of sp³-hybridized carbons (Fsp3) is 0.296. The minimum atomic E-state index is -1.32. The van der Waals surface area contributed by atoms with Crippen LogP contribution in [-0.2, 0) is 4.79 Å². The predicted octanol–water partition coefficient (Wildman–Crippen LogP) is 4.11. The lowest BCUT2D eigenvalue weighted by molar-refractivity contribution is -0.117. The van der Waals surface area contributed by atoms with Gasteiger partial charge >= 0.3 is 5.97 Å². The third-order valence-electron chi connectivity index (χ3n) is 7.11. The molecule has 0 bridgehead atoms. The third-order valence-corrected chi connectivity index (χ3v) is 8.25. The second-order valence-electron chi connectivity index (χ2n) is 9.87. The molecular weight excluding hydrogens is 559 g/mol. The number of aromatic carboxylic acids is 1. The Morgan fingerprint density at radius 1 is 1.10 bits per heavy atom. The van der Waals surface area contributed by atoms with Crippen molar-refractivity contribution < 1.29 is 19.1 Å². The molecule has 40 heavy (non-hydrogen) atoms. The average molecular weight is 583 g/mol. The van der Waals surface area contributed by atoms with E-state index in [0.717, 1.165) is 24.5 Å². The lowest BCUT2D eigenvalue weighted by Crippen LogP contribution is -2.49. The summed E-state index contributed by atoms with van der Waals surface area (Å²) in [7, 11) is 0. The number of anilines is 2. The van der Waals surface area contributed by atoms with E-state index >= 15 is 4.39 Å². The van der Waals surface area contributed by atoms with Crippen molar-refractivity contribution in [2.24, 2.45) is 0 Å². The number of carbonyl (C=O) groups is 2. The van der Waals surface area contributed by atoms with Crippen LogP contribution >= 0.6 is 22.9 Å². The summed E-state index contributed by atoms with van der Waals surface area (Å²) in [6, 6.07) is 10.1. The lowest BCUT2D eigenvalue weighted by Gasteiger charge is -2.36. The van der Waals surface area contributed by atoms with E-state index in [1.165, 1.54) is 17.5 Å². The SMILES string of the molecule is O=C(CN1CCN(c2cc3c(cc2F)c(=O)c(C(=O)O)cn3C2CC2)CC1)Nc1nnc(-c2ccc(Cl)cc2)s1. The number of pyridine rings is 1. The molecule has 6 rings (SSSR count). The summed E-state index contributed by atoms with van der Waals surface area (Å²) < 4.78 is 17.0. The molecular formula is C27H24ClFN6O4S. The number of aromatic nitrogens is 3. The maximum atomic E-state index is 15.2. The van der Waals surface area contributed by atoms with Gasteiger partial charge in [0.2, 0.25) is 16.5 Å². The van der Waals surface area contributed by atoms with Gasteiger partial charge in [-0.25, -0.2) is 9.18 Å². The summed E-state index contributed by atoms with van der Waals surface area (Å²) in [5.74, 6) is -2.11. The van der Waals surface area contributed by atoms with Crippen LogP contribution in [-0.4, -0.2) is 69.4 Å². The molecule has 2 N–H and O–H groups in total. The van der Waals surface area contributed by atoms with Crippen LogP contribution in [0.25, 0.3) is 21.5 Å². The van der Waals surface area contributed by atoms with Gasteiger partial charge in [0.15, 0.2) is 0 Å². The van der Waals surface area contributed by atoms with Gasteiger partial charge < -0.3 is 14.6 Å². The van der Waals surface area contributed by atoms with Crippen LogP contribution in [0.5, 0.6) is 0 Å². The number of hydrogen-bond donors (Lipinski definition) is 2. The maximum absolute atomic E-state index is 15.2. The third kappa shape index (κ3) is 5.29. The molecule has 1 aliphatic carbocycles. The first kappa shape index (κ1) is 26.4. The number of carboxylic acids is 1. The van der Waals surface area contributed by atoms with Gasteiger partial charge in [-0.3, -0.25) is 19.8 Å². The molecule has 1 saturated heterocycles. The highest BCUT2D eigenvalue weighted by Gasteiger charge is 2.29. The van der Waals surface area contributed by atoms with E-state index in [4.69, 9.17) is 11.6 Å². The Kier molecular flexibility index (Phi) is 6.99. The van der Waals surface area contributed by atoms with Crippen LogP contribution in [0.1, 0.15) is 29.2 Å². The number of nitrogens with one attached hydrogen (secondary N) is 1. The first-order chi connectivity index (χ1) is 19.3. The monoisotopic (exact) mass is 582 g/mol. The van der Waals surface area contributed by atoms with E-state index in [1.807, 2.05) is 21.9 Å². The molecule has 0 spiro atoms. The average Bonchev–Trinajstić information content (AvgIpc) is 3.67. The minimum Gasteiger partial charge on any atom is -0.477 e. The maximum Gasteiger partial charge on any atom is 0.341 e. The number of benzene rings is 2. The number of rotatable bonds is 7. The highest BCUT2D eigenvalue weighted by atomic mass is 35.5. The molecule has 1 amide bonds. The van der Waals surface area contributed by atoms with Crippen molar-refractivity contribution in [1.82, 2.24) is 19.7 Å². The molecule has 1 saturated carbocycles. The summed E-state index contributed by atoms with van der Waals surface area (Å²) in [5.41, 5.74) is 0.711. The van der Waals surface area contributed by atoms with E-state index in [0.29, 0.717) is 52.5 Å². The van der Waals surface area contributed by atoms with Crippen LogP contribution in [0.3, 0.4) is 0 Å². The number of piperazine rings is 1. The molecule has 1 aliphatic heterocycles. The van der Waals surface area contributed by atoms with E-state index in [9.17, 15) is 19.5 Å². The highest BCUT2D eigenvalue weighted by Crippen LogP contribution is 2.38. The number of carboxylic acid groups (broad SMARTS) is 1. The fourth-order valence-corrected chi connectivity index (χ4v) is 5.79. The molecule has 2 fully saturated rings. The Labute approximate surface area is 236 Å². The number of hydrogen-bond acceptors (Lipinski definition) is 8. The minimum absolute atomic E-state index is 0.0688. The fourth-order valence-electron chi connectivity index (χ4n) is 4.90. The zero-order valence-corrected chi connectivity index (χ0v) is 22.7. The zero-order chi connectivity index (χ0) is 28.0. The summed E-state index contributed by atoms with van der Waals surface area (Å²) in [5, 5.41) is 22.2.